The van der Waals surface area contributed by atoms with Gasteiger partial charge < -0.3 is 9.47 Å². The van der Waals surface area contributed by atoms with E-state index in [2.05, 4.69) is 10.9 Å². The van der Waals surface area contributed by atoms with Gasteiger partial charge in [0.1, 0.15) is 0 Å². The highest BCUT2D eigenvalue weighted by Gasteiger charge is 2.45. The fraction of sp³-hybridized carbons (Fsp3) is 0.786. The van der Waals surface area contributed by atoms with Crippen molar-refractivity contribution in [1.29, 1.82) is 0 Å². The second-order valence-corrected chi connectivity index (χ2v) is 5.86. The molecule has 0 aromatic carbocycles. The van der Waals surface area contributed by atoms with Crippen LogP contribution in [0.2, 0.25) is 0 Å². The van der Waals surface area contributed by atoms with E-state index in [9.17, 15) is 4.79 Å². The smallest absolute Gasteiger partial charge is 0.332 e. The molecule has 3 unspecified atom stereocenters. The topological polar surface area (TPSA) is 59.6 Å². The maximum absolute atomic E-state index is 11.4. The molecule has 19 heavy (non-hydrogen) atoms. The van der Waals surface area contributed by atoms with Crippen LogP contribution in [0.1, 0.15) is 32.6 Å². The van der Waals surface area contributed by atoms with Crippen molar-refractivity contribution in [2.24, 2.45) is 11.8 Å². The Morgan fingerprint density at radius 2 is 2.00 bits per heavy atom. The van der Waals surface area contributed by atoms with E-state index in [1.807, 2.05) is 6.92 Å². The summed E-state index contributed by atoms with van der Waals surface area (Å²) in [5.74, 6) is 0.646. The summed E-state index contributed by atoms with van der Waals surface area (Å²) in [4.78, 5) is 11.4. The Balaban J connectivity index is 1.69. The highest BCUT2D eigenvalue weighted by atomic mass is 16.6. The number of rotatable bonds is 2. The second kappa shape index (κ2) is 5.23. The molecule has 3 rings (SSSR count). The van der Waals surface area contributed by atoms with Gasteiger partial charge in [0.05, 0.1) is 6.10 Å². The van der Waals surface area contributed by atoms with Gasteiger partial charge >= 0.3 is 5.97 Å². The lowest BCUT2D eigenvalue weighted by atomic mass is 9.76. The number of hydrazine groups is 1. The van der Waals surface area contributed by atoms with E-state index in [1.165, 1.54) is 12.8 Å². The second-order valence-electron chi connectivity index (χ2n) is 5.86. The van der Waals surface area contributed by atoms with E-state index in [0.29, 0.717) is 18.1 Å². The first-order valence-corrected chi connectivity index (χ1v) is 7.11. The number of carbonyl (C=O) groups is 1. The van der Waals surface area contributed by atoms with E-state index in [4.69, 9.17) is 9.47 Å². The summed E-state index contributed by atoms with van der Waals surface area (Å²) in [5.41, 5.74) is 7.59. The molecule has 0 radical (unpaired) electrons. The number of fused-ring (bicyclic) bond motifs is 1. The van der Waals surface area contributed by atoms with E-state index >= 15 is 0 Å². The quantitative estimate of drug-likeness (QED) is 0.733. The molecular formula is C14H22N2O3. The van der Waals surface area contributed by atoms with Crippen molar-refractivity contribution in [3.63, 3.8) is 0 Å². The molecule has 2 fully saturated rings. The average Bonchev–Trinajstić information content (AvgIpc) is 2.83. The Labute approximate surface area is 113 Å². The molecule has 106 valence electrons. The summed E-state index contributed by atoms with van der Waals surface area (Å²) in [6.07, 6.45) is 6.43. The minimum absolute atomic E-state index is 0.206. The fourth-order valence-electron chi connectivity index (χ4n) is 3.71. The van der Waals surface area contributed by atoms with Gasteiger partial charge in [-0.05, 0) is 38.5 Å². The Morgan fingerprint density at radius 3 is 2.68 bits per heavy atom. The lowest BCUT2D eigenvalue weighted by Gasteiger charge is -2.35. The largest absolute Gasteiger partial charge is 0.441 e. The normalized spacial score (nSPS) is 42.5. The van der Waals surface area contributed by atoms with E-state index < -0.39 is 0 Å². The monoisotopic (exact) mass is 266 g/mol. The third-order valence-corrected chi connectivity index (χ3v) is 4.78. The van der Waals surface area contributed by atoms with Crippen LogP contribution < -0.4 is 10.9 Å². The standard InChI is InChI=1S/C14H22N2O3/c1-8-7-11(17)19-14-12(8)13(15-16-14)9-3-5-10(18-2)6-4-9/h7,9-10,12-16H,3-6H2,1-2H3. The minimum Gasteiger partial charge on any atom is -0.441 e. The molecular weight excluding hydrogens is 244 g/mol. The van der Waals surface area contributed by atoms with Crippen LogP contribution >= 0.6 is 0 Å². The van der Waals surface area contributed by atoms with Gasteiger partial charge in [-0.3, -0.25) is 5.43 Å². The van der Waals surface area contributed by atoms with Crippen molar-refractivity contribution >= 4 is 5.97 Å². The van der Waals surface area contributed by atoms with Gasteiger partial charge in [-0.2, -0.15) is 0 Å². The van der Waals surface area contributed by atoms with Gasteiger partial charge in [0.15, 0.2) is 6.23 Å². The molecule has 0 aromatic heterocycles. The Kier molecular flexibility index (Phi) is 3.60. The third kappa shape index (κ3) is 2.42. The van der Waals surface area contributed by atoms with Crippen molar-refractivity contribution in [3.05, 3.63) is 11.6 Å². The maximum atomic E-state index is 11.4. The molecule has 2 heterocycles. The van der Waals surface area contributed by atoms with Gasteiger partial charge in [0.25, 0.3) is 0 Å². The van der Waals surface area contributed by atoms with Gasteiger partial charge in [-0.15, -0.1) is 0 Å². The van der Waals surface area contributed by atoms with E-state index in [-0.39, 0.29) is 18.1 Å². The van der Waals surface area contributed by atoms with Crippen molar-refractivity contribution in [3.8, 4) is 0 Å². The van der Waals surface area contributed by atoms with Crippen LogP contribution in [-0.4, -0.2) is 31.5 Å². The van der Waals surface area contributed by atoms with Crippen LogP contribution in [0.4, 0.5) is 0 Å². The summed E-state index contributed by atoms with van der Waals surface area (Å²) in [7, 11) is 1.80. The van der Waals surface area contributed by atoms with E-state index in [0.717, 1.165) is 18.4 Å². The van der Waals surface area contributed by atoms with Crippen LogP contribution in [0.3, 0.4) is 0 Å². The highest BCUT2D eigenvalue weighted by molar-refractivity contribution is 5.84. The van der Waals surface area contributed by atoms with E-state index in [1.54, 1.807) is 13.2 Å². The molecule has 1 saturated heterocycles. The molecule has 0 spiro atoms. The lowest BCUT2D eigenvalue weighted by molar-refractivity contribution is -0.147. The molecule has 5 nitrogen and oxygen atoms in total. The number of carbonyl (C=O) groups excluding carboxylic acids is 1. The van der Waals surface area contributed by atoms with Crippen molar-refractivity contribution in [2.75, 3.05) is 7.11 Å². The number of esters is 1. The Bertz CT molecular complexity index is 388. The zero-order chi connectivity index (χ0) is 13.4. The number of hydrogen-bond acceptors (Lipinski definition) is 5. The van der Waals surface area contributed by atoms with Gasteiger partial charge in [0.2, 0.25) is 0 Å². The molecule has 1 aliphatic carbocycles. The zero-order valence-corrected chi connectivity index (χ0v) is 11.5. The first kappa shape index (κ1) is 13.1. The molecule has 5 heteroatoms. The highest BCUT2D eigenvalue weighted by Crippen LogP contribution is 2.37. The van der Waals surface area contributed by atoms with Gasteiger partial charge in [-0.1, -0.05) is 5.57 Å². The maximum Gasteiger partial charge on any atom is 0.332 e. The number of hydrogen-bond donors (Lipinski definition) is 2. The summed E-state index contributed by atoms with van der Waals surface area (Å²) >= 11 is 0. The van der Waals surface area contributed by atoms with Crippen molar-refractivity contribution < 1.29 is 14.3 Å². The Morgan fingerprint density at radius 1 is 1.26 bits per heavy atom. The number of nitrogens with one attached hydrogen (secondary N) is 2. The third-order valence-electron chi connectivity index (χ3n) is 4.78. The van der Waals surface area contributed by atoms with Crippen LogP contribution in [0.15, 0.2) is 11.6 Å². The first-order valence-electron chi connectivity index (χ1n) is 7.11. The molecule has 0 aromatic rings. The van der Waals surface area contributed by atoms with Gasteiger partial charge in [0, 0.05) is 25.1 Å². The summed E-state index contributed by atoms with van der Waals surface area (Å²) in [6.45, 7) is 2.03. The predicted octanol–water partition coefficient (Wildman–Crippen LogP) is 1.11. The van der Waals surface area contributed by atoms with Crippen molar-refractivity contribution in [1.82, 2.24) is 10.9 Å². The van der Waals surface area contributed by atoms with Crippen LogP contribution in [0.25, 0.3) is 0 Å². The zero-order valence-electron chi connectivity index (χ0n) is 11.5. The molecule has 2 aliphatic heterocycles. The molecule has 3 aliphatic rings. The van der Waals surface area contributed by atoms with Crippen LogP contribution in [0.5, 0.6) is 0 Å². The SMILES string of the molecule is COC1CCC(C2NNC3OC(=O)C=C(C)C32)CC1. The minimum atomic E-state index is -0.239. The lowest BCUT2D eigenvalue weighted by Crippen LogP contribution is -2.41. The predicted molar refractivity (Wildman–Crippen MR) is 69.9 cm³/mol. The first-order chi connectivity index (χ1) is 9.19. The summed E-state index contributed by atoms with van der Waals surface area (Å²) in [6, 6.07) is 0.354. The van der Waals surface area contributed by atoms with Gasteiger partial charge in [-0.25, -0.2) is 10.2 Å². The summed E-state index contributed by atoms with van der Waals surface area (Å²) in [5, 5.41) is 0. The molecule has 0 bridgehead atoms. The van der Waals surface area contributed by atoms with Crippen LogP contribution in [0, 0.1) is 11.8 Å². The average molecular weight is 266 g/mol. The number of methoxy groups -OCH3 is 1. The fourth-order valence-corrected chi connectivity index (χ4v) is 3.71. The molecule has 0 amide bonds. The molecule has 2 N–H and O–H groups in total. The molecule has 1 saturated carbocycles. The summed E-state index contributed by atoms with van der Waals surface area (Å²) < 4.78 is 10.8. The van der Waals surface area contributed by atoms with Crippen LogP contribution in [-0.2, 0) is 14.3 Å². The molecule has 3 atom stereocenters. The van der Waals surface area contributed by atoms with Crippen molar-refractivity contribution in [2.45, 2.75) is 51.0 Å². The Hall–Kier alpha value is -0.910. The number of ether oxygens (including phenoxy) is 2.